The lowest BCUT2D eigenvalue weighted by molar-refractivity contribution is 0.593. The number of halogens is 1. The van der Waals surface area contributed by atoms with Gasteiger partial charge in [-0.2, -0.15) is 5.26 Å². The van der Waals surface area contributed by atoms with Gasteiger partial charge in [0, 0.05) is 6.54 Å². The highest BCUT2D eigenvalue weighted by Gasteiger charge is 2.26. The Morgan fingerprint density at radius 2 is 1.90 bits per heavy atom. The molecule has 0 N–H and O–H groups in total. The van der Waals surface area contributed by atoms with E-state index in [2.05, 4.69) is 15.9 Å². The smallest absolute Gasteiger partial charge is 0.265 e. The third kappa shape index (κ3) is 3.20. The first kappa shape index (κ1) is 15.0. The van der Waals surface area contributed by atoms with Crippen molar-refractivity contribution < 1.29 is 8.42 Å². The zero-order valence-electron chi connectivity index (χ0n) is 10.4. The van der Waals surface area contributed by atoms with Crippen molar-refractivity contribution in [2.75, 3.05) is 10.8 Å². The Kier molecular flexibility index (Phi) is 4.81. The summed E-state index contributed by atoms with van der Waals surface area (Å²) in [4.78, 5) is 0. The molecule has 0 saturated heterocycles. The largest absolute Gasteiger partial charge is 0.273 e. The van der Waals surface area contributed by atoms with Gasteiger partial charge in [-0.25, -0.2) is 8.42 Å². The van der Waals surface area contributed by atoms with Crippen molar-refractivity contribution in [2.24, 2.45) is 0 Å². The third-order valence-electron chi connectivity index (χ3n) is 2.56. The summed E-state index contributed by atoms with van der Waals surface area (Å²) >= 11 is 4.42. The van der Waals surface area contributed by atoms with Crippen LogP contribution in [0.1, 0.15) is 6.42 Å². The maximum Gasteiger partial charge on any atom is 0.273 e. The van der Waals surface area contributed by atoms with Crippen LogP contribution in [-0.2, 0) is 10.0 Å². The molecule has 0 aliphatic rings. The van der Waals surface area contributed by atoms with Crippen LogP contribution in [0.5, 0.6) is 0 Å². The first-order valence-corrected chi connectivity index (χ1v) is 8.81. The van der Waals surface area contributed by atoms with Crippen molar-refractivity contribution in [2.45, 2.75) is 10.6 Å². The van der Waals surface area contributed by atoms with Crippen molar-refractivity contribution in [1.29, 1.82) is 5.26 Å². The second-order valence-corrected chi connectivity index (χ2v) is 8.43. The molecule has 0 aliphatic heterocycles. The number of anilines is 1. The molecule has 0 atom stereocenters. The van der Waals surface area contributed by atoms with E-state index in [1.165, 1.54) is 4.31 Å². The standard InChI is InChI=1S/C13H11BrN2O2S2/c14-12-7-8-13(19-12)20(17,18)16(10-4-9-15)11-5-2-1-3-6-11/h1-3,5-8H,4,10H2. The molecule has 104 valence electrons. The highest BCUT2D eigenvalue weighted by atomic mass is 79.9. The molecular weight excluding hydrogens is 360 g/mol. The minimum atomic E-state index is -3.63. The molecule has 0 amide bonds. The van der Waals surface area contributed by atoms with Crippen LogP contribution in [0, 0.1) is 11.3 Å². The summed E-state index contributed by atoms with van der Waals surface area (Å²) in [6, 6.07) is 14.1. The lowest BCUT2D eigenvalue weighted by Gasteiger charge is -2.22. The minimum Gasteiger partial charge on any atom is -0.265 e. The number of thiophene rings is 1. The predicted molar refractivity (Wildman–Crippen MR) is 83.2 cm³/mol. The summed E-state index contributed by atoms with van der Waals surface area (Å²) < 4.78 is 27.6. The maximum absolute atomic E-state index is 12.7. The van der Waals surface area contributed by atoms with E-state index in [-0.39, 0.29) is 17.2 Å². The highest BCUT2D eigenvalue weighted by Crippen LogP contribution is 2.31. The lowest BCUT2D eigenvalue weighted by atomic mass is 10.3. The summed E-state index contributed by atoms with van der Waals surface area (Å²) in [6.45, 7) is 0.137. The Hall–Kier alpha value is -1.36. The zero-order chi connectivity index (χ0) is 14.6. The molecule has 0 bridgehead atoms. The molecule has 1 heterocycles. The Balaban J connectivity index is 2.44. The van der Waals surface area contributed by atoms with Crippen molar-refractivity contribution in [3.63, 3.8) is 0 Å². The number of rotatable bonds is 5. The van der Waals surface area contributed by atoms with E-state index in [0.29, 0.717) is 5.69 Å². The van der Waals surface area contributed by atoms with E-state index in [1.54, 1.807) is 36.4 Å². The van der Waals surface area contributed by atoms with Gasteiger partial charge in [0.25, 0.3) is 10.0 Å². The Bertz CT molecular complexity index is 720. The Morgan fingerprint density at radius 3 is 2.45 bits per heavy atom. The molecule has 0 fully saturated rings. The molecule has 0 unspecified atom stereocenters. The molecule has 2 aromatic rings. The Labute approximate surface area is 130 Å². The monoisotopic (exact) mass is 370 g/mol. The van der Waals surface area contributed by atoms with Gasteiger partial charge in [-0.15, -0.1) is 11.3 Å². The van der Waals surface area contributed by atoms with E-state index in [4.69, 9.17) is 5.26 Å². The summed E-state index contributed by atoms with van der Waals surface area (Å²) in [5, 5.41) is 8.73. The highest BCUT2D eigenvalue weighted by molar-refractivity contribution is 9.11. The number of para-hydroxylation sites is 1. The van der Waals surface area contributed by atoms with Gasteiger partial charge in [0.1, 0.15) is 4.21 Å². The lowest BCUT2D eigenvalue weighted by Crippen LogP contribution is -2.31. The minimum absolute atomic E-state index is 0.137. The first-order chi connectivity index (χ1) is 9.55. The molecule has 0 aliphatic carbocycles. The van der Waals surface area contributed by atoms with Crippen molar-refractivity contribution >= 4 is 43.0 Å². The second-order valence-electron chi connectivity index (χ2n) is 3.88. The van der Waals surface area contributed by atoms with Crippen LogP contribution < -0.4 is 4.31 Å². The van der Waals surface area contributed by atoms with E-state index in [1.807, 2.05) is 12.1 Å². The second kappa shape index (κ2) is 6.39. The molecule has 0 radical (unpaired) electrons. The summed E-state index contributed by atoms with van der Waals surface area (Å²) in [5.41, 5.74) is 0.562. The molecule has 4 nitrogen and oxygen atoms in total. The van der Waals surface area contributed by atoms with Gasteiger partial charge in [-0.05, 0) is 40.2 Å². The molecular formula is C13H11BrN2O2S2. The Morgan fingerprint density at radius 1 is 1.20 bits per heavy atom. The summed E-state index contributed by atoms with van der Waals surface area (Å²) in [6.07, 6.45) is 0.140. The van der Waals surface area contributed by atoms with Gasteiger partial charge in [0.05, 0.1) is 22.0 Å². The van der Waals surface area contributed by atoms with E-state index in [9.17, 15) is 8.42 Å². The van der Waals surface area contributed by atoms with Crippen molar-refractivity contribution in [1.82, 2.24) is 0 Å². The van der Waals surface area contributed by atoms with Gasteiger partial charge in [-0.3, -0.25) is 4.31 Å². The number of nitriles is 1. The average molecular weight is 371 g/mol. The molecule has 1 aromatic carbocycles. The third-order valence-corrected chi connectivity index (χ3v) is 6.48. The van der Waals surface area contributed by atoms with Crippen LogP contribution in [0.4, 0.5) is 5.69 Å². The molecule has 1 aromatic heterocycles. The van der Waals surface area contributed by atoms with Gasteiger partial charge in [0.15, 0.2) is 0 Å². The number of benzene rings is 1. The normalized spacial score (nSPS) is 11.0. The average Bonchev–Trinajstić information content (AvgIpc) is 2.88. The fraction of sp³-hybridized carbons (Fsp3) is 0.154. The quantitative estimate of drug-likeness (QED) is 0.807. The fourth-order valence-electron chi connectivity index (χ4n) is 1.68. The molecule has 2 rings (SSSR count). The number of hydrogen-bond donors (Lipinski definition) is 0. The fourth-order valence-corrected chi connectivity index (χ4v) is 5.27. The zero-order valence-corrected chi connectivity index (χ0v) is 13.6. The van der Waals surface area contributed by atoms with Crippen LogP contribution in [0.3, 0.4) is 0 Å². The van der Waals surface area contributed by atoms with Crippen LogP contribution >= 0.6 is 27.3 Å². The molecule has 0 spiro atoms. The van der Waals surface area contributed by atoms with Crippen molar-refractivity contribution in [3.05, 3.63) is 46.3 Å². The van der Waals surface area contributed by atoms with E-state index >= 15 is 0 Å². The van der Waals surface area contributed by atoms with E-state index in [0.717, 1.165) is 15.1 Å². The van der Waals surface area contributed by atoms with Crippen molar-refractivity contribution in [3.8, 4) is 6.07 Å². The maximum atomic E-state index is 12.7. The first-order valence-electron chi connectivity index (χ1n) is 5.76. The van der Waals surface area contributed by atoms with E-state index < -0.39 is 10.0 Å². The van der Waals surface area contributed by atoms with Crippen LogP contribution in [0.25, 0.3) is 0 Å². The topological polar surface area (TPSA) is 61.2 Å². The van der Waals surface area contributed by atoms with Crippen LogP contribution in [0.2, 0.25) is 0 Å². The van der Waals surface area contributed by atoms with Gasteiger partial charge in [-0.1, -0.05) is 18.2 Å². The molecule has 20 heavy (non-hydrogen) atoms. The predicted octanol–water partition coefficient (Wildman–Crippen LogP) is 3.62. The number of nitrogens with zero attached hydrogens (tertiary/aromatic N) is 2. The van der Waals surface area contributed by atoms with Crippen LogP contribution in [-0.4, -0.2) is 15.0 Å². The number of hydrogen-bond acceptors (Lipinski definition) is 4. The SMILES string of the molecule is N#CCCN(c1ccccc1)S(=O)(=O)c1ccc(Br)s1. The van der Waals surface area contributed by atoms with Crippen LogP contribution in [0.15, 0.2) is 50.5 Å². The summed E-state index contributed by atoms with van der Waals surface area (Å²) in [5.74, 6) is 0. The van der Waals surface area contributed by atoms with Gasteiger partial charge in [0.2, 0.25) is 0 Å². The molecule has 7 heteroatoms. The summed E-state index contributed by atoms with van der Waals surface area (Å²) in [7, 11) is -3.63. The number of sulfonamides is 1. The van der Waals surface area contributed by atoms with Gasteiger partial charge < -0.3 is 0 Å². The van der Waals surface area contributed by atoms with Gasteiger partial charge >= 0.3 is 0 Å². The molecule has 0 saturated carbocycles.